The maximum atomic E-state index is 12.8. The average molecular weight is 441 g/mol. The van der Waals surface area contributed by atoms with Gasteiger partial charge >= 0.3 is 6.18 Å². The molecule has 160 valence electrons. The minimum absolute atomic E-state index is 0.0262. The monoisotopic (exact) mass is 440 g/mol. The maximum absolute atomic E-state index is 12.8. The molecule has 0 atom stereocenters. The van der Waals surface area contributed by atoms with Crippen molar-refractivity contribution in [2.75, 3.05) is 43.0 Å². The van der Waals surface area contributed by atoms with Gasteiger partial charge < -0.3 is 15.0 Å². The van der Waals surface area contributed by atoms with Crippen LogP contribution in [0.25, 0.3) is 0 Å². The topological polar surface area (TPSA) is 62.5 Å². The number of aromatic nitrogens is 1. The minimum Gasteiger partial charge on any atom is -0.624 e. The number of nitrogens with zero attached hydrogens (tertiary/aromatic N) is 4. The Morgan fingerprint density at radius 3 is 2.33 bits per heavy atom. The maximum Gasteiger partial charge on any atom is 0.417 e. The van der Waals surface area contributed by atoms with Gasteiger partial charge in [-0.25, -0.2) is 9.72 Å². The fourth-order valence-electron chi connectivity index (χ4n) is 3.18. The number of ketones is 1. The number of anilines is 2. The van der Waals surface area contributed by atoms with Gasteiger partial charge in [0.2, 0.25) is 0 Å². The number of pyridine rings is 1. The van der Waals surface area contributed by atoms with Crippen molar-refractivity contribution in [3.8, 4) is 0 Å². The smallest absolute Gasteiger partial charge is 0.417 e. The Hall–Kier alpha value is -2.81. The van der Waals surface area contributed by atoms with Gasteiger partial charge in [-0.05, 0) is 30.3 Å². The predicted octanol–water partition coefficient (Wildman–Crippen LogP) is 3.86. The van der Waals surface area contributed by atoms with Gasteiger partial charge in [0.05, 0.1) is 17.0 Å². The zero-order valence-electron chi connectivity index (χ0n) is 16.2. The van der Waals surface area contributed by atoms with E-state index in [4.69, 9.17) is 11.6 Å². The quantitative estimate of drug-likeness (QED) is 0.232. The van der Waals surface area contributed by atoms with E-state index in [0.29, 0.717) is 42.3 Å². The van der Waals surface area contributed by atoms with Gasteiger partial charge in [-0.2, -0.15) is 13.2 Å². The van der Waals surface area contributed by atoms with Gasteiger partial charge in [-0.1, -0.05) is 11.6 Å². The third-order valence-electron chi connectivity index (χ3n) is 4.82. The number of carbonyl (C=O) groups excluding carboxylic acids is 1. The standard InChI is InChI=1S/C20H20ClF3N4O2/c1-26(30)7-6-18(29)14-2-4-16(5-3-14)27-8-10-28(11-9-27)19-17(21)12-15(13-25-19)20(22,23)24/h2-5,7,12-13H,6,8-11H2,1H3/b26-7-. The van der Waals surface area contributed by atoms with Crippen LogP contribution in [0.4, 0.5) is 24.7 Å². The first kappa shape index (κ1) is 21.9. The third-order valence-corrected chi connectivity index (χ3v) is 5.09. The van der Waals surface area contributed by atoms with E-state index < -0.39 is 11.7 Å². The molecule has 0 aliphatic carbocycles. The summed E-state index contributed by atoms with van der Waals surface area (Å²) in [6, 6.07) is 8.02. The largest absolute Gasteiger partial charge is 0.624 e. The lowest BCUT2D eigenvalue weighted by atomic mass is 10.1. The van der Waals surface area contributed by atoms with Crippen LogP contribution >= 0.6 is 11.6 Å². The highest BCUT2D eigenvalue weighted by Crippen LogP contribution is 2.34. The molecule has 1 aromatic heterocycles. The molecule has 1 saturated heterocycles. The second kappa shape index (κ2) is 8.91. The van der Waals surface area contributed by atoms with Gasteiger partial charge in [0.1, 0.15) is 12.9 Å². The molecule has 1 aliphatic rings. The number of benzene rings is 1. The third kappa shape index (κ3) is 5.21. The number of carbonyl (C=O) groups is 1. The van der Waals surface area contributed by atoms with Gasteiger partial charge in [-0.15, -0.1) is 0 Å². The first-order valence-corrected chi connectivity index (χ1v) is 9.62. The summed E-state index contributed by atoms with van der Waals surface area (Å²) in [6.07, 6.45) is -2.37. The van der Waals surface area contributed by atoms with Crippen molar-refractivity contribution >= 4 is 35.1 Å². The molecule has 30 heavy (non-hydrogen) atoms. The van der Waals surface area contributed by atoms with E-state index in [9.17, 15) is 23.2 Å². The summed E-state index contributed by atoms with van der Waals surface area (Å²) in [6.45, 7) is 2.34. The van der Waals surface area contributed by atoms with Crippen molar-refractivity contribution < 1.29 is 22.7 Å². The zero-order chi connectivity index (χ0) is 21.9. The number of hydroxylamine groups is 1. The minimum atomic E-state index is -4.48. The summed E-state index contributed by atoms with van der Waals surface area (Å²) < 4.78 is 38.9. The molecule has 1 fully saturated rings. The van der Waals surface area contributed by atoms with E-state index in [0.717, 1.165) is 18.0 Å². The SMILES string of the molecule is C/[N+]([O-])=C/CC(=O)c1ccc(N2CCN(c3ncc(C(F)(F)F)cc3Cl)CC2)cc1. The fourth-order valence-corrected chi connectivity index (χ4v) is 3.47. The van der Waals surface area contributed by atoms with E-state index in [1.807, 2.05) is 17.0 Å². The Morgan fingerprint density at radius 1 is 1.20 bits per heavy atom. The highest BCUT2D eigenvalue weighted by Gasteiger charge is 2.32. The van der Waals surface area contributed by atoms with Crippen molar-refractivity contribution in [1.82, 2.24) is 4.98 Å². The molecule has 3 rings (SSSR count). The fraction of sp³-hybridized carbons (Fsp3) is 0.350. The van der Waals surface area contributed by atoms with Crippen molar-refractivity contribution in [2.24, 2.45) is 0 Å². The molecule has 0 spiro atoms. The highest BCUT2D eigenvalue weighted by atomic mass is 35.5. The molecular weight excluding hydrogens is 421 g/mol. The molecule has 2 heterocycles. The molecule has 0 N–H and O–H groups in total. The lowest BCUT2D eigenvalue weighted by Gasteiger charge is -2.37. The number of Topliss-reactive ketones (excluding diaryl/α,β-unsaturated/α-hetero) is 1. The number of halogens is 4. The van der Waals surface area contributed by atoms with Crippen LogP contribution in [0.3, 0.4) is 0 Å². The Kier molecular flexibility index (Phi) is 6.50. The molecule has 1 aliphatic heterocycles. The molecule has 1 aromatic carbocycles. The molecule has 0 unspecified atom stereocenters. The van der Waals surface area contributed by atoms with Crippen molar-refractivity contribution in [3.05, 3.63) is 57.9 Å². The van der Waals surface area contributed by atoms with Gasteiger partial charge in [0.25, 0.3) is 0 Å². The van der Waals surface area contributed by atoms with E-state index in [2.05, 4.69) is 9.88 Å². The lowest BCUT2D eigenvalue weighted by Crippen LogP contribution is -2.47. The van der Waals surface area contributed by atoms with Gasteiger partial charge in [0, 0.05) is 43.6 Å². The summed E-state index contributed by atoms with van der Waals surface area (Å²) in [5, 5.41) is 10.9. The van der Waals surface area contributed by atoms with Crippen molar-refractivity contribution in [2.45, 2.75) is 12.6 Å². The Morgan fingerprint density at radius 2 is 1.80 bits per heavy atom. The Bertz CT molecular complexity index is 936. The second-order valence-electron chi connectivity index (χ2n) is 6.90. The van der Waals surface area contributed by atoms with Crippen molar-refractivity contribution in [1.29, 1.82) is 0 Å². The molecule has 6 nitrogen and oxygen atoms in total. The summed E-state index contributed by atoms with van der Waals surface area (Å²) in [7, 11) is 1.32. The Labute approximate surface area is 176 Å². The van der Waals surface area contributed by atoms with E-state index >= 15 is 0 Å². The van der Waals surface area contributed by atoms with Gasteiger partial charge in [-0.3, -0.25) is 4.79 Å². The van der Waals surface area contributed by atoms with Crippen LogP contribution in [0.2, 0.25) is 5.02 Å². The first-order chi connectivity index (χ1) is 14.1. The lowest BCUT2D eigenvalue weighted by molar-refractivity contribution is -0.418. The summed E-state index contributed by atoms with van der Waals surface area (Å²) in [5.74, 6) is 0.196. The van der Waals surface area contributed by atoms with Crippen LogP contribution in [-0.4, -0.2) is 54.9 Å². The average Bonchev–Trinajstić information content (AvgIpc) is 2.71. The number of rotatable bonds is 5. The molecule has 0 saturated carbocycles. The first-order valence-electron chi connectivity index (χ1n) is 9.24. The number of alkyl halides is 3. The number of hydrogen-bond donors (Lipinski definition) is 0. The summed E-state index contributed by atoms with van der Waals surface area (Å²) in [4.78, 5) is 19.9. The van der Waals surface area contributed by atoms with Crippen LogP contribution in [0.5, 0.6) is 0 Å². The second-order valence-corrected chi connectivity index (χ2v) is 7.31. The molecule has 0 amide bonds. The van der Waals surface area contributed by atoms with Crippen LogP contribution in [-0.2, 0) is 6.18 Å². The zero-order valence-corrected chi connectivity index (χ0v) is 17.0. The van der Waals surface area contributed by atoms with Crippen LogP contribution < -0.4 is 9.80 Å². The van der Waals surface area contributed by atoms with E-state index in [1.54, 1.807) is 12.1 Å². The van der Waals surface area contributed by atoms with E-state index in [-0.39, 0.29) is 17.2 Å². The highest BCUT2D eigenvalue weighted by molar-refractivity contribution is 6.33. The van der Waals surface area contributed by atoms with Gasteiger partial charge in [0.15, 0.2) is 12.0 Å². The van der Waals surface area contributed by atoms with Crippen LogP contribution in [0.15, 0.2) is 36.5 Å². The molecule has 2 aromatic rings. The predicted molar refractivity (Wildman–Crippen MR) is 110 cm³/mol. The number of hydrogen-bond acceptors (Lipinski definition) is 5. The molecular formula is C20H20ClF3N4O2. The Balaban J connectivity index is 1.62. The molecule has 0 bridgehead atoms. The molecule has 0 radical (unpaired) electrons. The summed E-state index contributed by atoms with van der Waals surface area (Å²) in [5.41, 5.74) is 0.586. The van der Waals surface area contributed by atoms with Crippen molar-refractivity contribution in [3.63, 3.8) is 0 Å². The van der Waals surface area contributed by atoms with Crippen LogP contribution in [0, 0.1) is 5.21 Å². The normalized spacial score (nSPS) is 15.4. The van der Waals surface area contributed by atoms with E-state index in [1.165, 1.54) is 13.3 Å². The summed E-state index contributed by atoms with van der Waals surface area (Å²) >= 11 is 6.04. The number of piperazine rings is 1. The molecule has 10 heteroatoms. The van der Waals surface area contributed by atoms with Crippen LogP contribution in [0.1, 0.15) is 22.3 Å².